The summed E-state index contributed by atoms with van der Waals surface area (Å²) in [5.41, 5.74) is 2.10. The molecular formula is C8H17N3O. The summed E-state index contributed by atoms with van der Waals surface area (Å²) in [5, 5.41) is 3.18. The molecule has 0 aromatic carbocycles. The predicted molar refractivity (Wildman–Crippen MR) is 47.2 cm³/mol. The van der Waals surface area contributed by atoms with Crippen molar-refractivity contribution in [1.82, 2.24) is 10.7 Å². The molecule has 1 fully saturated rings. The van der Waals surface area contributed by atoms with Gasteiger partial charge in [0.05, 0.1) is 6.54 Å². The monoisotopic (exact) mass is 171 g/mol. The largest absolute Gasteiger partial charge is 0.306 e. The number of hydrazine groups is 1. The number of rotatable bonds is 3. The Bertz CT molecular complexity index is 143. The van der Waals surface area contributed by atoms with Crippen LogP contribution in [0.2, 0.25) is 0 Å². The van der Waals surface area contributed by atoms with Crippen LogP contribution in [-0.2, 0) is 4.79 Å². The van der Waals surface area contributed by atoms with Crippen molar-refractivity contribution in [2.45, 2.75) is 38.1 Å². The van der Waals surface area contributed by atoms with Crippen molar-refractivity contribution in [2.75, 3.05) is 6.54 Å². The average Bonchev–Trinajstić information content (AvgIpc) is 2.16. The lowest BCUT2D eigenvalue weighted by Crippen LogP contribution is -2.42. The summed E-state index contributed by atoms with van der Waals surface area (Å²) >= 11 is 0. The van der Waals surface area contributed by atoms with Gasteiger partial charge in [-0.05, 0) is 12.8 Å². The number of nitrogens with one attached hydrogen (secondary N) is 2. The van der Waals surface area contributed by atoms with Crippen LogP contribution in [0.25, 0.3) is 0 Å². The Morgan fingerprint density at radius 2 is 2.00 bits per heavy atom. The summed E-state index contributed by atoms with van der Waals surface area (Å²) in [4.78, 5) is 10.8. The Balaban J connectivity index is 2.09. The van der Waals surface area contributed by atoms with E-state index in [9.17, 15) is 4.79 Å². The van der Waals surface area contributed by atoms with E-state index in [0.29, 0.717) is 12.6 Å². The van der Waals surface area contributed by atoms with Crippen molar-refractivity contribution in [3.63, 3.8) is 0 Å². The minimum absolute atomic E-state index is 0.138. The molecule has 1 amide bonds. The zero-order valence-corrected chi connectivity index (χ0v) is 7.31. The van der Waals surface area contributed by atoms with Crippen molar-refractivity contribution in [1.29, 1.82) is 0 Å². The van der Waals surface area contributed by atoms with Crippen LogP contribution in [0.5, 0.6) is 0 Å². The summed E-state index contributed by atoms with van der Waals surface area (Å²) in [6, 6.07) is 0.524. The van der Waals surface area contributed by atoms with Gasteiger partial charge >= 0.3 is 0 Å². The van der Waals surface area contributed by atoms with Crippen LogP contribution in [0.3, 0.4) is 0 Å². The first-order valence-corrected chi connectivity index (χ1v) is 4.56. The molecule has 0 aromatic rings. The molecule has 0 radical (unpaired) electrons. The number of hydrogen-bond donors (Lipinski definition) is 3. The number of amides is 1. The van der Waals surface area contributed by atoms with Gasteiger partial charge in [0.25, 0.3) is 0 Å². The van der Waals surface area contributed by atoms with Gasteiger partial charge in [-0.3, -0.25) is 10.2 Å². The second-order valence-electron chi connectivity index (χ2n) is 3.28. The van der Waals surface area contributed by atoms with E-state index in [1.807, 2.05) is 0 Å². The van der Waals surface area contributed by atoms with Crippen LogP contribution < -0.4 is 16.6 Å². The molecule has 0 unspecified atom stereocenters. The third-order valence-electron chi connectivity index (χ3n) is 2.32. The first-order valence-electron chi connectivity index (χ1n) is 4.56. The predicted octanol–water partition coefficient (Wildman–Crippen LogP) is -0.101. The number of hydrogen-bond acceptors (Lipinski definition) is 3. The fraction of sp³-hybridized carbons (Fsp3) is 0.875. The minimum atomic E-state index is -0.138. The van der Waals surface area contributed by atoms with E-state index in [-0.39, 0.29) is 5.91 Å². The fourth-order valence-electron chi connectivity index (χ4n) is 1.59. The Morgan fingerprint density at radius 1 is 1.33 bits per heavy atom. The molecule has 0 bridgehead atoms. The molecule has 1 saturated carbocycles. The molecule has 1 aliphatic carbocycles. The Morgan fingerprint density at radius 3 is 2.58 bits per heavy atom. The van der Waals surface area contributed by atoms with Crippen LogP contribution >= 0.6 is 0 Å². The van der Waals surface area contributed by atoms with Gasteiger partial charge in [-0.25, -0.2) is 5.84 Å². The third-order valence-corrected chi connectivity index (χ3v) is 2.32. The summed E-state index contributed by atoms with van der Waals surface area (Å²) in [5.74, 6) is 4.81. The van der Waals surface area contributed by atoms with Crippen LogP contribution in [0.1, 0.15) is 32.1 Å². The van der Waals surface area contributed by atoms with Crippen LogP contribution in [-0.4, -0.2) is 18.5 Å². The summed E-state index contributed by atoms with van der Waals surface area (Å²) in [6.07, 6.45) is 6.28. The quantitative estimate of drug-likeness (QED) is 0.315. The van der Waals surface area contributed by atoms with Gasteiger partial charge in [0.2, 0.25) is 5.91 Å². The highest BCUT2D eigenvalue weighted by Gasteiger charge is 2.12. The van der Waals surface area contributed by atoms with Crippen molar-refractivity contribution < 1.29 is 4.79 Å². The minimum Gasteiger partial charge on any atom is -0.306 e. The lowest BCUT2D eigenvalue weighted by molar-refractivity contribution is -0.120. The van der Waals surface area contributed by atoms with Gasteiger partial charge < -0.3 is 5.32 Å². The molecule has 0 atom stereocenters. The molecule has 70 valence electrons. The first-order chi connectivity index (χ1) is 5.83. The summed E-state index contributed by atoms with van der Waals surface area (Å²) < 4.78 is 0. The molecule has 4 N–H and O–H groups in total. The highest BCUT2D eigenvalue weighted by molar-refractivity contribution is 5.77. The topological polar surface area (TPSA) is 67.1 Å². The highest BCUT2D eigenvalue weighted by atomic mass is 16.2. The standard InChI is InChI=1S/C8H17N3O/c9-11-8(12)6-10-7-4-2-1-3-5-7/h7,10H,1-6,9H2,(H,11,12). The number of nitrogens with two attached hydrogens (primary N) is 1. The molecule has 0 saturated heterocycles. The van der Waals surface area contributed by atoms with E-state index in [1.54, 1.807) is 0 Å². The van der Waals surface area contributed by atoms with Gasteiger partial charge in [-0.15, -0.1) is 0 Å². The van der Waals surface area contributed by atoms with Gasteiger partial charge in [0.15, 0.2) is 0 Å². The maximum atomic E-state index is 10.8. The molecule has 12 heavy (non-hydrogen) atoms. The molecule has 1 rings (SSSR count). The van der Waals surface area contributed by atoms with Crippen molar-refractivity contribution in [2.24, 2.45) is 5.84 Å². The molecule has 0 spiro atoms. The molecule has 4 heteroatoms. The second-order valence-corrected chi connectivity index (χ2v) is 3.28. The van der Waals surface area contributed by atoms with E-state index in [4.69, 9.17) is 5.84 Å². The maximum absolute atomic E-state index is 10.8. The SMILES string of the molecule is NNC(=O)CNC1CCCCC1. The highest BCUT2D eigenvalue weighted by Crippen LogP contribution is 2.16. The smallest absolute Gasteiger partial charge is 0.247 e. The van der Waals surface area contributed by atoms with Crippen molar-refractivity contribution in [3.05, 3.63) is 0 Å². The summed E-state index contributed by atoms with van der Waals surface area (Å²) in [7, 11) is 0. The van der Waals surface area contributed by atoms with Crippen LogP contribution in [0.15, 0.2) is 0 Å². The molecule has 0 aromatic heterocycles. The Hall–Kier alpha value is -0.610. The maximum Gasteiger partial charge on any atom is 0.247 e. The van der Waals surface area contributed by atoms with Crippen molar-refractivity contribution in [3.8, 4) is 0 Å². The van der Waals surface area contributed by atoms with E-state index in [1.165, 1.54) is 32.1 Å². The van der Waals surface area contributed by atoms with E-state index < -0.39 is 0 Å². The van der Waals surface area contributed by atoms with Gasteiger partial charge in [-0.2, -0.15) is 0 Å². The summed E-state index contributed by atoms with van der Waals surface area (Å²) in [6.45, 7) is 0.348. The lowest BCUT2D eigenvalue weighted by atomic mass is 9.95. The Kier molecular flexibility index (Phi) is 4.04. The van der Waals surface area contributed by atoms with E-state index >= 15 is 0 Å². The molecule has 1 aliphatic rings. The zero-order valence-electron chi connectivity index (χ0n) is 7.31. The normalized spacial score (nSPS) is 19.1. The number of carbonyl (C=O) groups is 1. The molecule has 4 nitrogen and oxygen atoms in total. The fourth-order valence-corrected chi connectivity index (χ4v) is 1.59. The van der Waals surface area contributed by atoms with Crippen LogP contribution in [0, 0.1) is 0 Å². The Labute approximate surface area is 72.9 Å². The molecular weight excluding hydrogens is 154 g/mol. The van der Waals surface area contributed by atoms with E-state index in [0.717, 1.165) is 0 Å². The zero-order chi connectivity index (χ0) is 8.81. The second kappa shape index (κ2) is 5.11. The van der Waals surface area contributed by atoms with Gasteiger partial charge in [0, 0.05) is 6.04 Å². The molecule has 0 aliphatic heterocycles. The van der Waals surface area contributed by atoms with Crippen molar-refractivity contribution >= 4 is 5.91 Å². The first kappa shape index (κ1) is 9.48. The average molecular weight is 171 g/mol. The third kappa shape index (κ3) is 3.19. The van der Waals surface area contributed by atoms with Crippen LogP contribution in [0.4, 0.5) is 0 Å². The van der Waals surface area contributed by atoms with E-state index in [2.05, 4.69) is 10.7 Å². The van der Waals surface area contributed by atoms with Gasteiger partial charge in [0.1, 0.15) is 0 Å². The lowest BCUT2D eigenvalue weighted by Gasteiger charge is -2.22. The molecule has 0 heterocycles. The number of carbonyl (C=O) groups excluding carboxylic acids is 1. The van der Waals surface area contributed by atoms with Gasteiger partial charge in [-0.1, -0.05) is 19.3 Å².